The van der Waals surface area contributed by atoms with Crippen LogP contribution in [-0.4, -0.2) is 22.9 Å². The van der Waals surface area contributed by atoms with Crippen molar-refractivity contribution >= 4 is 11.6 Å². The molecule has 1 aliphatic heterocycles. The summed E-state index contributed by atoms with van der Waals surface area (Å²) in [5.74, 6) is -0.938. The number of benzene rings is 1. The molecule has 148 valence electrons. The lowest BCUT2D eigenvalue weighted by atomic mass is 9.91. The number of halogens is 2. The minimum absolute atomic E-state index is 0.0494. The number of anilines is 1. The standard InChI is InChI=1S/C22H19F2N3O2/c1-13-15(12-29-19-5-3-4-18(24)26-19)10-25-11-16(13)21-17(23)8-6-14-7-9-20(28)27(2)22(14)21/h3-6,8,10-11H,7,9,12H2,1-2H3. The van der Waals surface area contributed by atoms with Crippen molar-refractivity contribution in [3.63, 3.8) is 0 Å². The van der Waals surface area contributed by atoms with E-state index in [2.05, 4.69) is 9.97 Å². The molecule has 0 unspecified atom stereocenters. The number of fused-ring (bicyclic) bond motifs is 1. The number of hydrogen-bond acceptors (Lipinski definition) is 4. The molecule has 0 saturated heterocycles. The van der Waals surface area contributed by atoms with Crippen molar-refractivity contribution in [1.82, 2.24) is 9.97 Å². The highest BCUT2D eigenvalue weighted by Crippen LogP contribution is 2.40. The summed E-state index contributed by atoms with van der Waals surface area (Å²) in [7, 11) is 1.66. The second-order valence-corrected chi connectivity index (χ2v) is 6.94. The zero-order chi connectivity index (χ0) is 20.5. The summed E-state index contributed by atoms with van der Waals surface area (Å²) in [5, 5.41) is 0. The van der Waals surface area contributed by atoms with E-state index in [1.165, 1.54) is 23.1 Å². The SMILES string of the molecule is Cc1c(COc2cccc(F)n2)cncc1-c1c(F)ccc2c1N(C)C(=O)CC2. The van der Waals surface area contributed by atoms with Gasteiger partial charge < -0.3 is 9.64 Å². The number of carbonyl (C=O) groups excluding carboxylic acids is 1. The normalized spacial score (nSPS) is 13.4. The van der Waals surface area contributed by atoms with E-state index in [0.717, 1.165) is 16.7 Å². The first kappa shape index (κ1) is 19.0. The van der Waals surface area contributed by atoms with Gasteiger partial charge in [0.25, 0.3) is 0 Å². The van der Waals surface area contributed by atoms with Crippen LogP contribution in [0.1, 0.15) is 23.1 Å². The van der Waals surface area contributed by atoms with E-state index in [9.17, 15) is 13.6 Å². The Morgan fingerprint density at radius 2 is 1.97 bits per heavy atom. The number of aromatic nitrogens is 2. The monoisotopic (exact) mass is 395 g/mol. The van der Waals surface area contributed by atoms with Crippen molar-refractivity contribution in [2.24, 2.45) is 0 Å². The van der Waals surface area contributed by atoms with Gasteiger partial charge in [-0.1, -0.05) is 12.1 Å². The van der Waals surface area contributed by atoms with Crippen LogP contribution < -0.4 is 9.64 Å². The van der Waals surface area contributed by atoms with E-state index in [0.29, 0.717) is 29.7 Å². The van der Waals surface area contributed by atoms with Crippen molar-refractivity contribution in [3.8, 4) is 17.0 Å². The fourth-order valence-electron chi connectivity index (χ4n) is 3.57. The van der Waals surface area contributed by atoms with Crippen LogP contribution in [0.3, 0.4) is 0 Å². The fraction of sp³-hybridized carbons (Fsp3) is 0.227. The molecule has 3 heterocycles. The molecule has 0 N–H and O–H groups in total. The summed E-state index contributed by atoms with van der Waals surface area (Å²) < 4.78 is 33.8. The zero-order valence-electron chi connectivity index (χ0n) is 16.1. The van der Waals surface area contributed by atoms with Gasteiger partial charge in [0.1, 0.15) is 12.4 Å². The van der Waals surface area contributed by atoms with Gasteiger partial charge in [-0.25, -0.2) is 4.39 Å². The molecule has 0 bridgehead atoms. The number of ether oxygens (including phenoxy) is 1. The highest BCUT2D eigenvalue weighted by atomic mass is 19.1. The molecule has 1 amide bonds. The van der Waals surface area contributed by atoms with Crippen LogP contribution in [0.2, 0.25) is 0 Å². The molecule has 0 aliphatic carbocycles. The maximum absolute atomic E-state index is 14.9. The summed E-state index contributed by atoms with van der Waals surface area (Å²) >= 11 is 0. The highest BCUT2D eigenvalue weighted by molar-refractivity contribution is 6.01. The Kier molecular flexibility index (Phi) is 4.96. The number of rotatable bonds is 4. The van der Waals surface area contributed by atoms with Crippen molar-refractivity contribution in [3.05, 3.63) is 71.2 Å². The molecule has 29 heavy (non-hydrogen) atoms. The molecular weight excluding hydrogens is 376 g/mol. The first-order chi connectivity index (χ1) is 14.0. The first-order valence-electron chi connectivity index (χ1n) is 9.23. The average molecular weight is 395 g/mol. The predicted molar refractivity (Wildman–Crippen MR) is 105 cm³/mol. The third kappa shape index (κ3) is 3.55. The van der Waals surface area contributed by atoms with E-state index >= 15 is 0 Å². The van der Waals surface area contributed by atoms with Gasteiger partial charge in [-0.2, -0.15) is 9.37 Å². The van der Waals surface area contributed by atoms with Crippen LogP contribution in [0.25, 0.3) is 11.1 Å². The first-order valence-corrected chi connectivity index (χ1v) is 9.23. The second kappa shape index (κ2) is 7.58. The van der Waals surface area contributed by atoms with Crippen molar-refractivity contribution in [2.75, 3.05) is 11.9 Å². The smallest absolute Gasteiger partial charge is 0.227 e. The molecule has 1 aliphatic rings. The lowest BCUT2D eigenvalue weighted by molar-refractivity contribution is -0.118. The van der Waals surface area contributed by atoms with Crippen LogP contribution in [-0.2, 0) is 17.8 Å². The van der Waals surface area contributed by atoms with Gasteiger partial charge in [-0.15, -0.1) is 0 Å². The Bertz CT molecular complexity index is 1100. The average Bonchev–Trinajstić information content (AvgIpc) is 2.71. The Morgan fingerprint density at radius 1 is 1.14 bits per heavy atom. The van der Waals surface area contributed by atoms with Crippen LogP contribution in [0.15, 0.2) is 42.7 Å². The summed E-state index contributed by atoms with van der Waals surface area (Å²) in [4.78, 5) is 21.6. The number of amides is 1. The summed E-state index contributed by atoms with van der Waals surface area (Å²) in [5.41, 5.74) is 3.94. The number of nitrogens with zero attached hydrogens (tertiary/aromatic N) is 3. The van der Waals surface area contributed by atoms with Crippen LogP contribution >= 0.6 is 0 Å². The number of pyridine rings is 2. The van der Waals surface area contributed by atoms with Gasteiger partial charge in [-0.3, -0.25) is 9.78 Å². The number of aryl methyl sites for hydroxylation is 1. The quantitative estimate of drug-likeness (QED) is 0.621. The summed E-state index contributed by atoms with van der Waals surface area (Å²) in [6.45, 7) is 1.95. The van der Waals surface area contributed by atoms with Crippen LogP contribution in [0.4, 0.5) is 14.5 Å². The fourth-order valence-corrected chi connectivity index (χ4v) is 3.57. The summed E-state index contributed by atoms with van der Waals surface area (Å²) in [6, 6.07) is 7.46. The van der Waals surface area contributed by atoms with Gasteiger partial charge in [-0.05, 0) is 36.6 Å². The van der Waals surface area contributed by atoms with E-state index in [1.54, 1.807) is 31.6 Å². The van der Waals surface area contributed by atoms with E-state index in [1.807, 2.05) is 6.92 Å². The van der Waals surface area contributed by atoms with E-state index in [4.69, 9.17) is 4.74 Å². The van der Waals surface area contributed by atoms with Gasteiger partial charge in [0.15, 0.2) is 0 Å². The van der Waals surface area contributed by atoms with Gasteiger partial charge in [0, 0.05) is 48.6 Å². The molecule has 2 aromatic heterocycles. The molecule has 0 fully saturated rings. The summed E-state index contributed by atoms with van der Waals surface area (Å²) in [6.07, 6.45) is 4.19. The van der Waals surface area contributed by atoms with Crippen molar-refractivity contribution in [2.45, 2.75) is 26.4 Å². The van der Waals surface area contributed by atoms with Crippen molar-refractivity contribution in [1.29, 1.82) is 0 Å². The Hall–Kier alpha value is -3.35. The van der Waals surface area contributed by atoms with Gasteiger partial charge in [0.2, 0.25) is 17.7 Å². The molecular formula is C22H19F2N3O2. The maximum Gasteiger partial charge on any atom is 0.227 e. The van der Waals surface area contributed by atoms with Gasteiger partial charge in [0.05, 0.1) is 5.69 Å². The minimum atomic E-state index is -0.628. The maximum atomic E-state index is 14.9. The molecule has 0 spiro atoms. The number of carbonyl (C=O) groups is 1. The zero-order valence-corrected chi connectivity index (χ0v) is 16.1. The lowest BCUT2D eigenvalue weighted by Gasteiger charge is -2.29. The molecule has 1 aromatic carbocycles. The van der Waals surface area contributed by atoms with E-state index in [-0.39, 0.29) is 18.4 Å². The topological polar surface area (TPSA) is 55.3 Å². The van der Waals surface area contributed by atoms with E-state index < -0.39 is 11.8 Å². The third-order valence-corrected chi connectivity index (χ3v) is 5.18. The largest absolute Gasteiger partial charge is 0.473 e. The third-order valence-electron chi connectivity index (χ3n) is 5.18. The molecule has 5 nitrogen and oxygen atoms in total. The Morgan fingerprint density at radius 3 is 2.76 bits per heavy atom. The molecule has 0 saturated carbocycles. The molecule has 3 aromatic rings. The molecule has 4 rings (SSSR count). The Balaban J connectivity index is 1.74. The van der Waals surface area contributed by atoms with Crippen LogP contribution in [0, 0.1) is 18.7 Å². The predicted octanol–water partition coefficient (Wildman–Crippen LogP) is 4.22. The molecule has 0 radical (unpaired) electrons. The highest BCUT2D eigenvalue weighted by Gasteiger charge is 2.27. The molecule has 0 atom stereocenters. The second-order valence-electron chi connectivity index (χ2n) is 6.94. The van der Waals surface area contributed by atoms with Gasteiger partial charge >= 0.3 is 0 Å². The Labute approximate surface area is 167 Å². The minimum Gasteiger partial charge on any atom is -0.473 e. The molecule has 7 heteroatoms. The number of hydrogen-bond donors (Lipinski definition) is 0. The van der Waals surface area contributed by atoms with Crippen molar-refractivity contribution < 1.29 is 18.3 Å². The van der Waals surface area contributed by atoms with Crippen LogP contribution in [0.5, 0.6) is 5.88 Å². The lowest BCUT2D eigenvalue weighted by Crippen LogP contribution is -2.32.